The van der Waals surface area contributed by atoms with E-state index in [4.69, 9.17) is 4.52 Å². The Balaban J connectivity index is 1.33. The predicted octanol–water partition coefficient (Wildman–Crippen LogP) is 4.43. The molecule has 0 aliphatic heterocycles. The summed E-state index contributed by atoms with van der Waals surface area (Å²) in [6, 6.07) is 16.8. The van der Waals surface area contributed by atoms with Gasteiger partial charge in [0.05, 0.1) is 17.0 Å². The molecule has 2 N–H and O–H groups in total. The van der Waals surface area contributed by atoms with Crippen LogP contribution >= 0.6 is 11.3 Å². The van der Waals surface area contributed by atoms with Crippen molar-refractivity contribution >= 4 is 22.9 Å². The maximum absolute atomic E-state index is 12.7. The minimum atomic E-state index is -0.298. The van der Waals surface area contributed by atoms with Crippen LogP contribution in [0.4, 0.5) is 5.69 Å². The summed E-state index contributed by atoms with van der Waals surface area (Å²) in [5, 5.41) is 16.0. The molecule has 152 valence electrons. The highest BCUT2D eigenvalue weighted by atomic mass is 32.1. The molecule has 4 heterocycles. The van der Waals surface area contributed by atoms with E-state index in [-0.39, 0.29) is 5.91 Å². The summed E-state index contributed by atoms with van der Waals surface area (Å²) >= 11 is 1.58. The quantitative estimate of drug-likeness (QED) is 0.414. The highest BCUT2D eigenvalue weighted by Gasteiger charge is 2.16. The molecule has 1 aromatic carbocycles. The van der Waals surface area contributed by atoms with Gasteiger partial charge in [-0.2, -0.15) is 10.1 Å². The Hall–Kier alpha value is -4.11. The number of aromatic amines is 1. The Bertz CT molecular complexity index is 1310. The SMILES string of the molecule is O=C(Nc1ccccc1Cc1nc(-c2cccnc2)no1)c1cc(-c2cccs2)[nH]n1. The first kappa shape index (κ1) is 18.9. The van der Waals surface area contributed by atoms with Gasteiger partial charge in [-0.15, -0.1) is 11.3 Å². The lowest BCUT2D eigenvalue weighted by Gasteiger charge is -2.08. The first-order chi connectivity index (χ1) is 15.3. The fourth-order valence-corrected chi connectivity index (χ4v) is 3.77. The van der Waals surface area contributed by atoms with Crippen molar-refractivity contribution in [3.8, 4) is 22.0 Å². The maximum atomic E-state index is 12.7. The Morgan fingerprint density at radius 3 is 2.90 bits per heavy atom. The summed E-state index contributed by atoms with van der Waals surface area (Å²) < 4.78 is 5.39. The molecule has 1 amide bonds. The predicted molar refractivity (Wildman–Crippen MR) is 117 cm³/mol. The van der Waals surface area contributed by atoms with Gasteiger partial charge in [0.15, 0.2) is 5.69 Å². The third kappa shape index (κ3) is 4.12. The lowest BCUT2D eigenvalue weighted by atomic mass is 10.1. The number of H-pyrrole nitrogens is 1. The maximum Gasteiger partial charge on any atom is 0.276 e. The fraction of sp³-hybridized carbons (Fsp3) is 0.0455. The summed E-state index contributed by atoms with van der Waals surface area (Å²) in [6.45, 7) is 0. The van der Waals surface area contributed by atoms with Crippen LogP contribution in [0, 0.1) is 0 Å². The number of aromatic nitrogens is 5. The number of rotatable bonds is 6. The van der Waals surface area contributed by atoms with Gasteiger partial charge in [-0.25, -0.2) is 0 Å². The standard InChI is InChI=1S/C22H16N6O2S/c29-22(18-12-17(26-27-18)19-8-4-10-31-19)24-16-7-2-1-5-14(16)11-20-25-21(28-30-20)15-6-3-9-23-13-15/h1-10,12-13H,11H2,(H,24,29)(H,26,27). The minimum absolute atomic E-state index is 0.298. The normalized spacial score (nSPS) is 10.8. The van der Waals surface area contributed by atoms with Crippen LogP contribution < -0.4 is 5.32 Å². The molecule has 0 spiro atoms. The van der Waals surface area contributed by atoms with Crippen LogP contribution in [0.2, 0.25) is 0 Å². The molecule has 9 heteroatoms. The minimum Gasteiger partial charge on any atom is -0.339 e. The van der Waals surface area contributed by atoms with E-state index in [9.17, 15) is 4.79 Å². The van der Waals surface area contributed by atoms with Crippen molar-refractivity contribution in [3.63, 3.8) is 0 Å². The topological polar surface area (TPSA) is 110 Å². The van der Waals surface area contributed by atoms with E-state index in [2.05, 4.69) is 30.6 Å². The second-order valence-corrected chi connectivity index (χ2v) is 7.63. The number of amides is 1. The summed E-state index contributed by atoms with van der Waals surface area (Å²) in [6.07, 6.45) is 3.74. The zero-order valence-corrected chi connectivity index (χ0v) is 17.0. The second kappa shape index (κ2) is 8.33. The number of anilines is 1. The molecule has 0 atom stereocenters. The highest BCUT2D eigenvalue weighted by molar-refractivity contribution is 7.13. The average molecular weight is 428 g/mol. The van der Waals surface area contributed by atoms with E-state index in [1.54, 1.807) is 29.8 Å². The lowest BCUT2D eigenvalue weighted by molar-refractivity contribution is 0.102. The monoisotopic (exact) mass is 428 g/mol. The van der Waals surface area contributed by atoms with Crippen LogP contribution in [-0.2, 0) is 6.42 Å². The molecule has 0 saturated heterocycles. The molecule has 4 aromatic heterocycles. The Kier molecular flexibility index (Phi) is 5.07. The van der Waals surface area contributed by atoms with Crippen LogP contribution in [-0.4, -0.2) is 31.2 Å². The van der Waals surface area contributed by atoms with Crippen LogP contribution in [0.3, 0.4) is 0 Å². The molecule has 5 rings (SSSR count). The molecular formula is C22H16N6O2S. The van der Waals surface area contributed by atoms with Gasteiger partial charge in [-0.1, -0.05) is 29.4 Å². The number of hydrogen-bond acceptors (Lipinski definition) is 7. The Morgan fingerprint density at radius 2 is 2.06 bits per heavy atom. The van der Waals surface area contributed by atoms with Crippen molar-refractivity contribution in [1.82, 2.24) is 25.3 Å². The van der Waals surface area contributed by atoms with Crippen LogP contribution in [0.25, 0.3) is 22.0 Å². The van der Waals surface area contributed by atoms with E-state index >= 15 is 0 Å². The van der Waals surface area contributed by atoms with Gasteiger partial charge in [0.1, 0.15) is 0 Å². The Labute approximate surface area is 181 Å². The lowest BCUT2D eigenvalue weighted by Crippen LogP contribution is -2.14. The highest BCUT2D eigenvalue weighted by Crippen LogP contribution is 2.24. The van der Waals surface area contributed by atoms with Crippen molar-refractivity contribution < 1.29 is 9.32 Å². The molecule has 0 bridgehead atoms. The van der Waals surface area contributed by atoms with Crippen molar-refractivity contribution in [2.24, 2.45) is 0 Å². The molecule has 31 heavy (non-hydrogen) atoms. The summed E-state index contributed by atoms with van der Waals surface area (Å²) in [7, 11) is 0. The van der Waals surface area contributed by atoms with Gasteiger partial charge >= 0.3 is 0 Å². The van der Waals surface area contributed by atoms with Crippen molar-refractivity contribution in [2.45, 2.75) is 6.42 Å². The van der Waals surface area contributed by atoms with Gasteiger partial charge < -0.3 is 9.84 Å². The van der Waals surface area contributed by atoms with Crippen molar-refractivity contribution in [1.29, 1.82) is 0 Å². The van der Waals surface area contributed by atoms with Crippen LogP contribution in [0.5, 0.6) is 0 Å². The number of thiophene rings is 1. The van der Waals surface area contributed by atoms with E-state index in [1.807, 2.05) is 53.9 Å². The fourth-order valence-electron chi connectivity index (χ4n) is 3.08. The summed E-state index contributed by atoms with van der Waals surface area (Å²) in [5.41, 5.74) is 3.41. The number of carbonyl (C=O) groups is 1. The molecule has 0 radical (unpaired) electrons. The largest absolute Gasteiger partial charge is 0.339 e. The average Bonchev–Trinajstić information content (AvgIpc) is 3.57. The molecule has 8 nitrogen and oxygen atoms in total. The second-order valence-electron chi connectivity index (χ2n) is 6.69. The third-order valence-corrected chi connectivity index (χ3v) is 5.50. The van der Waals surface area contributed by atoms with Crippen molar-refractivity contribution in [3.05, 3.63) is 89.5 Å². The van der Waals surface area contributed by atoms with Crippen LogP contribution in [0.15, 0.2) is 76.9 Å². The van der Waals surface area contributed by atoms with E-state index in [0.29, 0.717) is 29.5 Å². The zero-order valence-electron chi connectivity index (χ0n) is 16.1. The molecule has 0 aliphatic carbocycles. The first-order valence-corrected chi connectivity index (χ1v) is 10.4. The van der Waals surface area contributed by atoms with E-state index < -0.39 is 0 Å². The zero-order chi connectivity index (χ0) is 21.0. The molecule has 0 unspecified atom stereocenters. The van der Waals surface area contributed by atoms with Gasteiger partial charge in [0.25, 0.3) is 5.91 Å². The smallest absolute Gasteiger partial charge is 0.276 e. The number of para-hydroxylation sites is 1. The van der Waals surface area contributed by atoms with E-state index in [1.165, 1.54) is 0 Å². The number of nitrogens with zero attached hydrogens (tertiary/aromatic N) is 4. The van der Waals surface area contributed by atoms with Gasteiger partial charge in [-0.05, 0) is 41.3 Å². The molecule has 0 saturated carbocycles. The first-order valence-electron chi connectivity index (χ1n) is 9.48. The van der Waals surface area contributed by atoms with Crippen LogP contribution in [0.1, 0.15) is 21.9 Å². The third-order valence-electron chi connectivity index (χ3n) is 4.59. The number of pyridine rings is 1. The summed E-state index contributed by atoms with van der Waals surface area (Å²) in [4.78, 5) is 22.3. The molecule has 5 aromatic rings. The number of carbonyl (C=O) groups excluding carboxylic acids is 1. The van der Waals surface area contributed by atoms with E-state index in [0.717, 1.165) is 21.7 Å². The number of hydrogen-bond donors (Lipinski definition) is 2. The number of nitrogens with one attached hydrogen (secondary N) is 2. The van der Waals surface area contributed by atoms with Gasteiger partial charge in [0.2, 0.25) is 11.7 Å². The summed E-state index contributed by atoms with van der Waals surface area (Å²) in [5.74, 6) is 0.621. The molecule has 0 fully saturated rings. The molecular weight excluding hydrogens is 412 g/mol. The van der Waals surface area contributed by atoms with Gasteiger partial charge in [-0.3, -0.25) is 14.9 Å². The van der Waals surface area contributed by atoms with Gasteiger partial charge in [0, 0.05) is 23.6 Å². The number of benzene rings is 1. The molecule has 0 aliphatic rings. The Morgan fingerprint density at radius 1 is 1.13 bits per heavy atom. The van der Waals surface area contributed by atoms with Crippen molar-refractivity contribution in [2.75, 3.05) is 5.32 Å².